The first-order chi connectivity index (χ1) is 15.7. The normalized spacial score (nSPS) is 11.3. The summed E-state index contributed by atoms with van der Waals surface area (Å²) in [4.78, 5) is 20.8. The molecular formula is C22H22FN7O3. The molecule has 3 heterocycles. The van der Waals surface area contributed by atoms with Gasteiger partial charge in [-0.15, -0.1) is 0 Å². The Morgan fingerprint density at radius 2 is 2.00 bits per heavy atom. The van der Waals surface area contributed by atoms with Gasteiger partial charge in [-0.2, -0.15) is 10.1 Å². The number of nitrogens with zero attached hydrogens (tertiary/aromatic N) is 5. The van der Waals surface area contributed by atoms with Crippen LogP contribution in [-0.2, 0) is 12.5 Å². The number of benzene rings is 1. The van der Waals surface area contributed by atoms with Crippen LogP contribution in [0, 0.1) is 5.82 Å². The van der Waals surface area contributed by atoms with Crippen LogP contribution in [0.5, 0.6) is 11.8 Å². The van der Waals surface area contributed by atoms with E-state index in [0.717, 1.165) is 5.69 Å². The van der Waals surface area contributed by atoms with Gasteiger partial charge < -0.3 is 14.6 Å². The van der Waals surface area contributed by atoms with Crippen LogP contribution >= 0.6 is 0 Å². The highest BCUT2D eigenvalue weighted by Gasteiger charge is 2.20. The zero-order valence-corrected chi connectivity index (χ0v) is 18.5. The van der Waals surface area contributed by atoms with Gasteiger partial charge in [0.2, 0.25) is 0 Å². The van der Waals surface area contributed by atoms with E-state index in [1.165, 1.54) is 36.9 Å². The molecule has 0 aliphatic heterocycles. The van der Waals surface area contributed by atoms with E-state index in [0.29, 0.717) is 17.1 Å². The number of aryl methyl sites for hydroxylation is 1. The number of hydrogen-bond donors (Lipinski definition) is 2. The Kier molecular flexibility index (Phi) is 5.78. The van der Waals surface area contributed by atoms with Crippen LogP contribution in [0.1, 0.15) is 26.5 Å². The van der Waals surface area contributed by atoms with Crippen molar-refractivity contribution in [2.45, 2.75) is 26.2 Å². The van der Waals surface area contributed by atoms with Gasteiger partial charge in [-0.3, -0.25) is 10.00 Å². The van der Waals surface area contributed by atoms with Gasteiger partial charge in [-0.1, -0.05) is 25.9 Å². The number of urea groups is 1. The molecule has 33 heavy (non-hydrogen) atoms. The molecule has 2 amide bonds. The maximum atomic E-state index is 14.3. The first-order valence-corrected chi connectivity index (χ1v) is 10.0. The van der Waals surface area contributed by atoms with Gasteiger partial charge in [-0.05, 0) is 18.2 Å². The highest BCUT2D eigenvalue weighted by atomic mass is 19.1. The first-order valence-electron chi connectivity index (χ1n) is 10.0. The van der Waals surface area contributed by atoms with Gasteiger partial charge >= 0.3 is 12.0 Å². The minimum atomic E-state index is -0.628. The summed E-state index contributed by atoms with van der Waals surface area (Å²) in [5.41, 5.74) is 1.77. The van der Waals surface area contributed by atoms with E-state index in [1.54, 1.807) is 23.9 Å². The van der Waals surface area contributed by atoms with Gasteiger partial charge in [0.25, 0.3) is 0 Å². The molecule has 0 saturated carbocycles. The molecule has 0 saturated heterocycles. The number of nitrogens with one attached hydrogen (secondary N) is 2. The zero-order chi connectivity index (χ0) is 23.6. The number of anilines is 2. The Labute approximate surface area is 188 Å². The van der Waals surface area contributed by atoms with Crippen LogP contribution < -0.4 is 15.4 Å². The van der Waals surface area contributed by atoms with Gasteiger partial charge in [0, 0.05) is 30.8 Å². The van der Waals surface area contributed by atoms with Crippen LogP contribution in [0.15, 0.2) is 53.5 Å². The topological polar surface area (TPSA) is 120 Å². The lowest BCUT2D eigenvalue weighted by atomic mass is 9.92. The number of halogens is 1. The number of amides is 2. The van der Waals surface area contributed by atoms with Gasteiger partial charge in [-0.25, -0.2) is 14.2 Å². The maximum absolute atomic E-state index is 14.3. The van der Waals surface area contributed by atoms with Crippen LogP contribution in [0.2, 0.25) is 0 Å². The molecule has 0 spiro atoms. The van der Waals surface area contributed by atoms with E-state index in [9.17, 15) is 9.18 Å². The van der Waals surface area contributed by atoms with E-state index >= 15 is 0 Å². The number of carbonyl (C=O) groups excluding carboxylic acids is 1. The Hall–Kier alpha value is -4.28. The average Bonchev–Trinajstić information content (AvgIpc) is 3.41. The second-order valence-electron chi connectivity index (χ2n) is 8.25. The third kappa shape index (κ3) is 5.14. The summed E-state index contributed by atoms with van der Waals surface area (Å²) in [6, 6.07) is 6.79. The SMILES string of the molecule is Cn1nc(C(C)(C)C)cc1NC(=O)Nc1cc(Oc2nccc(-c3cnoc3)n2)ccc1F. The van der Waals surface area contributed by atoms with Crippen LogP contribution in [0.25, 0.3) is 11.3 Å². The second kappa shape index (κ2) is 8.69. The quantitative estimate of drug-likeness (QED) is 0.450. The summed E-state index contributed by atoms with van der Waals surface area (Å²) in [6.45, 7) is 6.06. The van der Waals surface area contributed by atoms with E-state index in [4.69, 9.17) is 9.26 Å². The molecule has 0 atom stereocenters. The molecule has 0 radical (unpaired) electrons. The summed E-state index contributed by atoms with van der Waals surface area (Å²) in [6.07, 6.45) is 4.47. The van der Waals surface area contributed by atoms with Crippen molar-refractivity contribution in [2.75, 3.05) is 10.6 Å². The fraction of sp³-hybridized carbons (Fsp3) is 0.227. The molecule has 0 aliphatic carbocycles. The monoisotopic (exact) mass is 451 g/mol. The minimum Gasteiger partial charge on any atom is -0.424 e. The number of ether oxygens (including phenoxy) is 1. The molecule has 0 aliphatic rings. The molecule has 3 aromatic heterocycles. The Balaban J connectivity index is 1.47. The molecule has 4 aromatic rings. The molecule has 2 N–H and O–H groups in total. The first kappa shape index (κ1) is 21.9. The van der Waals surface area contributed by atoms with Gasteiger partial charge in [0.15, 0.2) is 0 Å². The second-order valence-corrected chi connectivity index (χ2v) is 8.25. The average molecular weight is 451 g/mol. The van der Waals surface area contributed by atoms with Crippen LogP contribution in [-0.4, -0.2) is 30.9 Å². The predicted octanol–water partition coefficient (Wildman–Crippen LogP) is 4.74. The lowest BCUT2D eigenvalue weighted by molar-refractivity contribution is 0.262. The number of rotatable bonds is 5. The molecule has 0 unspecified atom stereocenters. The summed E-state index contributed by atoms with van der Waals surface area (Å²) >= 11 is 0. The third-order valence-electron chi connectivity index (χ3n) is 4.65. The van der Waals surface area contributed by atoms with Crippen molar-refractivity contribution >= 4 is 17.5 Å². The number of aromatic nitrogens is 5. The highest BCUT2D eigenvalue weighted by molar-refractivity contribution is 5.99. The van der Waals surface area contributed by atoms with Crippen molar-refractivity contribution in [3.8, 4) is 23.0 Å². The van der Waals surface area contributed by atoms with Gasteiger partial charge in [0.1, 0.15) is 23.6 Å². The summed E-state index contributed by atoms with van der Waals surface area (Å²) in [5, 5.41) is 13.2. The minimum absolute atomic E-state index is 0.0419. The van der Waals surface area contributed by atoms with Crippen molar-refractivity contribution in [2.24, 2.45) is 7.05 Å². The molecule has 170 valence electrons. The van der Waals surface area contributed by atoms with Crippen LogP contribution in [0.3, 0.4) is 0 Å². The lowest BCUT2D eigenvalue weighted by Crippen LogP contribution is -2.21. The van der Waals surface area contributed by atoms with E-state index in [1.807, 2.05) is 20.8 Å². The molecule has 11 heteroatoms. The highest BCUT2D eigenvalue weighted by Crippen LogP contribution is 2.27. The van der Waals surface area contributed by atoms with Crippen molar-refractivity contribution in [3.63, 3.8) is 0 Å². The largest absolute Gasteiger partial charge is 0.424 e. The molecule has 0 fully saturated rings. The molecule has 1 aromatic carbocycles. The molecular weight excluding hydrogens is 429 g/mol. The third-order valence-corrected chi connectivity index (χ3v) is 4.65. The number of carbonyl (C=O) groups is 1. The van der Waals surface area contributed by atoms with Crippen molar-refractivity contribution in [1.29, 1.82) is 0 Å². The standard InChI is InChI=1S/C22H22FN7O3/c1-22(2,3)18-10-19(30(4)29-18)28-20(31)26-17-9-14(5-6-15(17)23)33-21-24-8-7-16(27-21)13-11-25-32-12-13/h5-12H,1-4H3,(H2,26,28,31). The van der Waals surface area contributed by atoms with Crippen molar-refractivity contribution in [3.05, 3.63) is 60.5 Å². The van der Waals surface area contributed by atoms with E-state index in [-0.39, 0.29) is 22.9 Å². The van der Waals surface area contributed by atoms with E-state index < -0.39 is 11.8 Å². The van der Waals surface area contributed by atoms with Crippen LogP contribution in [0.4, 0.5) is 20.7 Å². The Morgan fingerprint density at radius 1 is 1.18 bits per heavy atom. The van der Waals surface area contributed by atoms with Gasteiger partial charge in [0.05, 0.1) is 28.8 Å². The smallest absolute Gasteiger partial charge is 0.324 e. The lowest BCUT2D eigenvalue weighted by Gasteiger charge is -2.13. The molecule has 0 bridgehead atoms. The van der Waals surface area contributed by atoms with E-state index in [2.05, 4.69) is 30.9 Å². The predicted molar refractivity (Wildman–Crippen MR) is 119 cm³/mol. The Bertz CT molecular complexity index is 1280. The summed E-state index contributed by atoms with van der Waals surface area (Å²) < 4.78 is 26.3. The zero-order valence-electron chi connectivity index (χ0n) is 18.5. The summed E-state index contributed by atoms with van der Waals surface area (Å²) in [7, 11) is 1.72. The maximum Gasteiger partial charge on any atom is 0.324 e. The summed E-state index contributed by atoms with van der Waals surface area (Å²) in [5.74, 6) is 0.0888. The van der Waals surface area contributed by atoms with Crippen molar-refractivity contribution in [1.82, 2.24) is 24.9 Å². The van der Waals surface area contributed by atoms with Crippen molar-refractivity contribution < 1.29 is 18.4 Å². The number of hydrogen-bond acceptors (Lipinski definition) is 7. The molecule has 4 rings (SSSR count). The fourth-order valence-electron chi connectivity index (χ4n) is 2.87. The Morgan fingerprint density at radius 3 is 2.70 bits per heavy atom. The fourth-order valence-corrected chi connectivity index (χ4v) is 2.87. The molecule has 10 nitrogen and oxygen atoms in total.